The zero-order valence-corrected chi connectivity index (χ0v) is 43.9. The minimum absolute atomic E-state index is 0.160. The van der Waals surface area contributed by atoms with Gasteiger partial charge in [0.1, 0.15) is 23.0 Å². The molecule has 6 N–H and O–H groups in total. The molecule has 0 saturated heterocycles. The summed E-state index contributed by atoms with van der Waals surface area (Å²) < 4.78 is 35.4. The largest absolute Gasteiger partial charge is 0.536 e. The van der Waals surface area contributed by atoms with Gasteiger partial charge in [-0.3, -0.25) is 4.89 Å². The topological polar surface area (TPSA) is 174 Å². The third-order valence-electron chi connectivity index (χ3n) is 11.8. The van der Waals surface area contributed by atoms with E-state index in [0.717, 1.165) is 55.6 Å². The van der Waals surface area contributed by atoms with Crippen molar-refractivity contribution in [3.8, 4) is 67.5 Å². The number of benzene rings is 5. The van der Waals surface area contributed by atoms with Gasteiger partial charge in [0.05, 0.1) is 0 Å². The van der Waals surface area contributed by atoms with Crippen molar-refractivity contribution >= 4 is 15.6 Å². The lowest BCUT2D eigenvalue weighted by molar-refractivity contribution is 0.229. The summed E-state index contributed by atoms with van der Waals surface area (Å²) in [5.41, 5.74) is 7.81. The lowest BCUT2D eigenvalue weighted by atomic mass is 9.70. The molecule has 10 nitrogen and oxygen atoms in total. The molecule has 0 heterocycles. The van der Waals surface area contributed by atoms with E-state index in [1.165, 1.54) is 6.07 Å². The van der Waals surface area contributed by atoms with Crippen LogP contribution in [0.3, 0.4) is 0 Å². The molecule has 5 aromatic rings. The highest BCUT2D eigenvalue weighted by molar-refractivity contribution is 7.60. The molecule has 0 spiro atoms. The fraction of sp³-hybridized carbons (Fsp3) is 0.444. The summed E-state index contributed by atoms with van der Waals surface area (Å²) in [5, 5.41) is 34.5. The SMILES string of the molecule is CC(C)(C)c1cc(-c2c(C(C)(C)C)ccc(-c3cc(-c4ccc(C(C)(C)C)c(-c5ccc(O)c(C(C)(C)C)c5)c4C(C)(C)C)c(OP(=O)(O)OP(=O)(O)O)cc3O)c2C(C)(C)C)ccc1O. The molecule has 0 saturated carbocycles. The number of aromatic hydroxyl groups is 3. The van der Waals surface area contributed by atoms with Gasteiger partial charge in [0.25, 0.3) is 0 Å². The molecule has 0 aliphatic carbocycles. The van der Waals surface area contributed by atoms with E-state index in [-0.39, 0.29) is 39.4 Å². The lowest BCUT2D eigenvalue weighted by Gasteiger charge is -2.34. The van der Waals surface area contributed by atoms with Crippen molar-refractivity contribution in [2.45, 2.75) is 157 Å². The fourth-order valence-corrected chi connectivity index (χ4v) is 10.6. The van der Waals surface area contributed by atoms with Crippen LogP contribution in [-0.4, -0.2) is 30.0 Å². The van der Waals surface area contributed by atoms with Crippen molar-refractivity contribution in [1.29, 1.82) is 0 Å². The third-order valence-corrected chi connectivity index (χ3v) is 13.9. The molecular formula is C54H72O10P2. The van der Waals surface area contributed by atoms with E-state index in [9.17, 15) is 39.1 Å². The van der Waals surface area contributed by atoms with Crippen LogP contribution in [0.1, 0.15) is 158 Å². The summed E-state index contributed by atoms with van der Waals surface area (Å²) in [5.74, 6) is -0.336. The summed E-state index contributed by atoms with van der Waals surface area (Å²) in [7, 11) is -11.1. The molecule has 1 unspecified atom stereocenters. The molecule has 0 bridgehead atoms. The molecule has 0 radical (unpaired) electrons. The number of phenolic OH excluding ortho intramolecular Hbond substituents is 3. The van der Waals surface area contributed by atoms with Crippen LogP contribution in [0.5, 0.6) is 23.0 Å². The Morgan fingerprint density at radius 1 is 0.394 bits per heavy atom. The van der Waals surface area contributed by atoms with Crippen LogP contribution in [0, 0.1) is 0 Å². The number of phosphoric ester groups is 1. The quantitative estimate of drug-likeness (QED) is 0.0822. The first-order chi connectivity index (χ1) is 29.6. The zero-order chi connectivity index (χ0) is 50.3. The normalized spacial score (nSPS) is 14.3. The van der Waals surface area contributed by atoms with E-state index < -0.39 is 37.3 Å². The molecule has 0 aromatic heterocycles. The fourth-order valence-electron chi connectivity index (χ4n) is 8.99. The summed E-state index contributed by atoms with van der Waals surface area (Å²) >= 11 is 0. The average molecular weight is 943 g/mol. The summed E-state index contributed by atoms with van der Waals surface area (Å²) in [6, 6.07) is 22.1. The second kappa shape index (κ2) is 17.3. The van der Waals surface area contributed by atoms with Crippen molar-refractivity contribution in [1.82, 2.24) is 0 Å². The first kappa shape index (κ1) is 52.6. The van der Waals surface area contributed by atoms with Gasteiger partial charge in [-0.25, -0.2) is 9.13 Å². The van der Waals surface area contributed by atoms with E-state index in [0.29, 0.717) is 16.7 Å². The Morgan fingerprint density at radius 2 is 0.758 bits per heavy atom. The minimum Gasteiger partial charge on any atom is -0.508 e. The van der Waals surface area contributed by atoms with Crippen LogP contribution in [0.15, 0.2) is 72.8 Å². The van der Waals surface area contributed by atoms with E-state index in [4.69, 9.17) is 4.52 Å². The number of hydrogen-bond acceptors (Lipinski definition) is 7. The maximum absolute atomic E-state index is 13.5. The first-order valence-electron chi connectivity index (χ1n) is 22.3. The Labute approximate surface area is 393 Å². The van der Waals surface area contributed by atoms with Crippen LogP contribution < -0.4 is 4.52 Å². The van der Waals surface area contributed by atoms with Crippen LogP contribution in [0.4, 0.5) is 0 Å². The summed E-state index contributed by atoms with van der Waals surface area (Å²) in [4.78, 5) is 30.2. The Balaban J connectivity index is 2.05. The van der Waals surface area contributed by atoms with Gasteiger partial charge in [-0.2, -0.15) is 4.31 Å². The van der Waals surface area contributed by atoms with Gasteiger partial charge in [-0.05, 0) is 130 Å². The standard InChI is InChI=1S/C54H72O10P2/c1-49(2,3)37-23-21-33(47(53(13,14)15)45(37)31-19-25-41(55)39(27-31)51(7,8)9)35-29-36(44(30-43(35)57)63-66(61,62)64-65(58,59)60)34-22-24-38(50(4,5)6)46(48(34)54(16,17)18)32-20-26-42(56)40(28-32)52(10,11)12/h19-30,55-57H,1-18H3,(H,61,62)(H2,58,59,60). The number of phenols is 3. The lowest BCUT2D eigenvalue weighted by Crippen LogP contribution is -2.21. The average Bonchev–Trinajstić information content (AvgIpc) is 3.10. The molecule has 12 heteroatoms. The van der Waals surface area contributed by atoms with E-state index in [2.05, 4.69) is 93.5 Å². The molecule has 0 fully saturated rings. The van der Waals surface area contributed by atoms with Crippen molar-refractivity contribution < 1.29 is 48.0 Å². The summed E-state index contributed by atoms with van der Waals surface area (Å²) in [6.07, 6.45) is 0. The predicted octanol–water partition coefficient (Wildman–Crippen LogP) is 14.8. The first-order valence-corrected chi connectivity index (χ1v) is 25.4. The summed E-state index contributed by atoms with van der Waals surface area (Å²) in [6.45, 7) is 37.5. The maximum atomic E-state index is 13.5. The molecule has 0 aliphatic heterocycles. The molecule has 66 heavy (non-hydrogen) atoms. The van der Waals surface area contributed by atoms with Gasteiger partial charge < -0.3 is 29.6 Å². The second-order valence-corrected chi connectivity index (χ2v) is 26.5. The third kappa shape index (κ3) is 11.3. The molecule has 0 amide bonds. The second-order valence-electron chi connectivity index (χ2n) is 23.8. The highest BCUT2D eigenvalue weighted by Crippen LogP contribution is 2.60. The predicted molar refractivity (Wildman–Crippen MR) is 269 cm³/mol. The molecule has 5 aromatic carbocycles. The van der Waals surface area contributed by atoms with Crippen molar-refractivity contribution in [3.63, 3.8) is 0 Å². The Hall–Kier alpha value is -4.40. The van der Waals surface area contributed by atoms with Crippen molar-refractivity contribution in [2.75, 3.05) is 0 Å². The van der Waals surface area contributed by atoms with Crippen LogP contribution >= 0.6 is 15.6 Å². The van der Waals surface area contributed by atoms with Crippen LogP contribution in [0.2, 0.25) is 0 Å². The van der Waals surface area contributed by atoms with E-state index in [1.54, 1.807) is 18.2 Å². The molecule has 1 atom stereocenters. The maximum Gasteiger partial charge on any atom is 0.536 e. The van der Waals surface area contributed by atoms with Gasteiger partial charge in [0, 0.05) is 17.2 Å². The number of hydrogen-bond donors (Lipinski definition) is 6. The van der Waals surface area contributed by atoms with Crippen LogP contribution in [-0.2, 0) is 45.9 Å². The van der Waals surface area contributed by atoms with Crippen LogP contribution in [0.25, 0.3) is 44.5 Å². The molecule has 358 valence electrons. The van der Waals surface area contributed by atoms with Crippen molar-refractivity contribution in [3.05, 3.63) is 106 Å². The Bertz CT molecular complexity index is 2770. The van der Waals surface area contributed by atoms with Gasteiger partial charge in [-0.15, -0.1) is 0 Å². The van der Waals surface area contributed by atoms with Gasteiger partial charge in [-0.1, -0.05) is 161 Å². The zero-order valence-electron chi connectivity index (χ0n) is 42.1. The molecular weight excluding hydrogens is 871 g/mol. The number of rotatable bonds is 8. The monoisotopic (exact) mass is 942 g/mol. The Morgan fingerprint density at radius 3 is 1.09 bits per heavy atom. The van der Waals surface area contributed by atoms with E-state index in [1.807, 2.05) is 84.0 Å². The number of phosphoric acid groups is 2. The molecule has 0 aliphatic rings. The Kier molecular flexibility index (Phi) is 13.8. The van der Waals surface area contributed by atoms with E-state index >= 15 is 0 Å². The highest BCUT2D eigenvalue weighted by atomic mass is 31.3. The van der Waals surface area contributed by atoms with Crippen molar-refractivity contribution in [2.24, 2.45) is 0 Å². The molecule has 5 rings (SSSR count). The highest BCUT2D eigenvalue weighted by Gasteiger charge is 2.38. The minimum atomic E-state index is -5.55. The van der Waals surface area contributed by atoms with Gasteiger partial charge in [0.15, 0.2) is 0 Å². The van der Waals surface area contributed by atoms with Gasteiger partial charge >= 0.3 is 15.6 Å². The van der Waals surface area contributed by atoms with Gasteiger partial charge in [0.2, 0.25) is 0 Å². The smallest absolute Gasteiger partial charge is 0.508 e.